The van der Waals surface area contributed by atoms with E-state index in [0.717, 1.165) is 0 Å². The zero-order valence-corrected chi connectivity index (χ0v) is 17.1. The Morgan fingerprint density at radius 3 is 2.64 bits per heavy atom. The van der Waals surface area contributed by atoms with Crippen LogP contribution in [-0.2, 0) is 6.42 Å². The first kappa shape index (κ1) is 20.4. The van der Waals surface area contributed by atoms with Crippen molar-refractivity contribution in [2.75, 3.05) is 18.5 Å². The number of H-pyrrole nitrogens is 1. The largest absolute Gasteiger partial charge is 0.486 e. The third kappa shape index (κ3) is 4.05. The minimum Gasteiger partial charge on any atom is -0.486 e. The number of nitrogens with zero attached hydrogens (tertiary/aromatic N) is 2. The summed E-state index contributed by atoms with van der Waals surface area (Å²) >= 11 is 0. The Hall–Kier alpha value is -4.47. The van der Waals surface area contributed by atoms with E-state index in [1.54, 1.807) is 36.4 Å². The Labute approximate surface area is 186 Å². The molecule has 2 N–H and O–H groups in total. The van der Waals surface area contributed by atoms with E-state index in [2.05, 4.69) is 15.3 Å². The van der Waals surface area contributed by atoms with Gasteiger partial charge in [-0.25, -0.2) is 9.37 Å². The lowest BCUT2D eigenvalue weighted by molar-refractivity contribution is -0.385. The second-order valence-corrected chi connectivity index (χ2v) is 7.41. The molecule has 1 aliphatic rings. The molecule has 0 unspecified atom stereocenters. The fourth-order valence-electron chi connectivity index (χ4n) is 3.66. The van der Waals surface area contributed by atoms with Crippen LogP contribution < -0.4 is 14.8 Å². The number of hydrogen-bond acceptors (Lipinski definition) is 6. The highest BCUT2D eigenvalue weighted by molar-refractivity contribution is 6.08. The molecular weight excluding hydrogens is 431 g/mol. The molecule has 5 rings (SSSR count). The molecule has 166 valence electrons. The van der Waals surface area contributed by atoms with Crippen LogP contribution >= 0.6 is 0 Å². The van der Waals surface area contributed by atoms with Gasteiger partial charge in [-0.05, 0) is 29.8 Å². The van der Waals surface area contributed by atoms with Gasteiger partial charge in [-0.2, -0.15) is 0 Å². The van der Waals surface area contributed by atoms with E-state index in [9.17, 15) is 19.3 Å². The van der Waals surface area contributed by atoms with Gasteiger partial charge in [0.25, 0.3) is 11.6 Å². The first-order valence-corrected chi connectivity index (χ1v) is 10.1. The van der Waals surface area contributed by atoms with Crippen LogP contribution in [0.5, 0.6) is 11.5 Å². The van der Waals surface area contributed by atoms with Crippen LogP contribution in [0.4, 0.5) is 15.8 Å². The lowest BCUT2D eigenvalue weighted by Gasteiger charge is -2.18. The summed E-state index contributed by atoms with van der Waals surface area (Å²) in [4.78, 5) is 31.3. The van der Waals surface area contributed by atoms with Crippen molar-refractivity contribution < 1.29 is 23.6 Å². The molecule has 10 heteroatoms. The van der Waals surface area contributed by atoms with Crippen molar-refractivity contribution in [2.45, 2.75) is 6.42 Å². The standard InChI is InChI=1S/C23H17FN4O5/c24-16-4-2-1-3-13(16)9-22-26-17-6-5-14(10-18(17)27-22)25-23(29)15-11-20-21(33-8-7-32-20)12-19(15)28(30)31/h1-6,10-12H,7-9H2,(H,25,29)(H,26,27). The van der Waals surface area contributed by atoms with Gasteiger partial charge in [0.15, 0.2) is 11.5 Å². The summed E-state index contributed by atoms with van der Waals surface area (Å²) in [7, 11) is 0. The molecule has 33 heavy (non-hydrogen) atoms. The normalized spacial score (nSPS) is 12.5. The van der Waals surface area contributed by atoms with Crippen molar-refractivity contribution in [2.24, 2.45) is 0 Å². The summed E-state index contributed by atoms with van der Waals surface area (Å²) in [6.45, 7) is 0.566. The molecule has 0 saturated carbocycles. The van der Waals surface area contributed by atoms with Crippen LogP contribution in [0, 0.1) is 15.9 Å². The minimum absolute atomic E-state index is 0.144. The number of carbonyl (C=O) groups is 1. The third-order valence-electron chi connectivity index (χ3n) is 5.21. The molecule has 0 spiro atoms. The van der Waals surface area contributed by atoms with Gasteiger partial charge >= 0.3 is 0 Å². The number of rotatable bonds is 5. The predicted molar refractivity (Wildman–Crippen MR) is 117 cm³/mol. The van der Waals surface area contributed by atoms with E-state index in [4.69, 9.17) is 9.47 Å². The average molecular weight is 448 g/mol. The van der Waals surface area contributed by atoms with E-state index in [0.29, 0.717) is 28.1 Å². The Morgan fingerprint density at radius 2 is 1.88 bits per heavy atom. The number of nitro benzene ring substituents is 1. The summed E-state index contributed by atoms with van der Waals surface area (Å²) in [5.41, 5.74) is 1.68. The van der Waals surface area contributed by atoms with Gasteiger partial charge in [-0.3, -0.25) is 14.9 Å². The molecule has 1 aromatic heterocycles. The molecule has 0 aliphatic carbocycles. The van der Waals surface area contributed by atoms with Gasteiger partial charge in [0.05, 0.1) is 22.0 Å². The Balaban J connectivity index is 1.41. The zero-order chi connectivity index (χ0) is 22.9. The maximum atomic E-state index is 13.9. The quantitative estimate of drug-likeness (QED) is 0.348. The number of fused-ring (bicyclic) bond motifs is 2. The second kappa shape index (κ2) is 8.23. The van der Waals surface area contributed by atoms with Crippen LogP contribution in [0.25, 0.3) is 11.0 Å². The summed E-state index contributed by atoms with van der Waals surface area (Å²) < 4.78 is 24.8. The van der Waals surface area contributed by atoms with Gasteiger partial charge in [0.1, 0.15) is 30.4 Å². The van der Waals surface area contributed by atoms with Crippen LogP contribution in [0.2, 0.25) is 0 Å². The van der Waals surface area contributed by atoms with Crippen LogP contribution in [0.3, 0.4) is 0 Å². The van der Waals surface area contributed by atoms with Gasteiger partial charge in [0, 0.05) is 18.2 Å². The summed E-state index contributed by atoms with van der Waals surface area (Å²) in [5, 5.41) is 14.2. The molecule has 1 aliphatic heterocycles. The lowest BCUT2D eigenvalue weighted by atomic mass is 10.1. The number of imidazole rings is 1. The monoisotopic (exact) mass is 448 g/mol. The van der Waals surface area contributed by atoms with Crippen molar-refractivity contribution in [3.8, 4) is 11.5 Å². The number of halogens is 1. The van der Waals surface area contributed by atoms with Crippen molar-refractivity contribution >= 4 is 28.3 Å². The number of benzene rings is 3. The number of aromatic amines is 1. The smallest absolute Gasteiger partial charge is 0.286 e. The molecule has 2 heterocycles. The molecule has 0 fully saturated rings. The number of amides is 1. The van der Waals surface area contributed by atoms with Crippen LogP contribution in [0.15, 0.2) is 54.6 Å². The summed E-state index contributed by atoms with van der Waals surface area (Å²) in [5.74, 6) is 0.0988. The van der Waals surface area contributed by atoms with E-state index in [1.165, 1.54) is 18.2 Å². The van der Waals surface area contributed by atoms with E-state index in [-0.39, 0.29) is 48.2 Å². The van der Waals surface area contributed by atoms with Crippen LogP contribution in [0.1, 0.15) is 21.7 Å². The van der Waals surface area contributed by atoms with Crippen molar-refractivity contribution in [1.29, 1.82) is 0 Å². The van der Waals surface area contributed by atoms with Gasteiger partial charge in [-0.15, -0.1) is 0 Å². The molecule has 1 amide bonds. The highest BCUT2D eigenvalue weighted by Gasteiger charge is 2.26. The van der Waals surface area contributed by atoms with Gasteiger partial charge < -0.3 is 19.8 Å². The molecule has 0 saturated heterocycles. The highest BCUT2D eigenvalue weighted by Crippen LogP contribution is 2.37. The molecule has 3 aromatic carbocycles. The van der Waals surface area contributed by atoms with Crippen molar-refractivity contribution in [3.63, 3.8) is 0 Å². The van der Waals surface area contributed by atoms with Gasteiger partial charge in [-0.1, -0.05) is 18.2 Å². The lowest BCUT2D eigenvalue weighted by Crippen LogP contribution is -2.18. The predicted octanol–water partition coefficient (Wildman–Crippen LogP) is 4.22. The zero-order valence-electron chi connectivity index (χ0n) is 17.1. The third-order valence-corrected chi connectivity index (χ3v) is 5.21. The number of nitrogens with one attached hydrogen (secondary N) is 2. The number of nitro groups is 1. The summed E-state index contributed by atoms with van der Waals surface area (Å²) in [6.07, 6.45) is 0.284. The molecule has 0 radical (unpaired) electrons. The topological polar surface area (TPSA) is 119 Å². The summed E-state index contributed by atoms with van der Waals surface area (Å²) in [6, 6.07) is 14.0. The Morgan fingerprint density at radius 1 is 1.12 bits per heavy atom. The SMILES string of the molecule is O=C(Nc1ccc2nc(Cc3ccccc3F)[nH]c2c1)c1cc2c(cc1[N+](=O)[O-])OCCO2. The first-order chi connectivity index (χ1) is 16.0. The minimum atomic E-state index is -0.663. The average Bonchev–Trinajstić information content (AvgIpc) is 3.21. The molecular formula is C23H17FN4O5. The maximum Gasteiger partial charge on any atom is 0.286 e. The van der Waals surface area contributed by atoms with E-state index < -0.39 is 10.8 Å². The molecule has 9 nitrogen and oxygen atoms in total. The van der Waals surface area contributed by atoms with E-state index in [1.807, 2.05) is 0 Å². The highest BCUT2D eigenvalue weighted by atomic mass is 19.1. The fraction of sp³-hybridized carbons (Fsp3) is 0.130. The second-order valence-electron chi connectivity index (χ2n) is 7.41. The Kier molecular flexibility index (Phi) is 5.09. The fourth-order valence-corrected chi connectivity index (χ4v) is 3.66. The first-order valence-electron chi connectivity index (χ1n) is 10.1. The maximum absolute atomic E-state index is 13.9. The van der Waals surface area contributed by atoms with Crippen LogP contribution in [-0.4, -0.2) is 34.0 Å². The van der Waals surface area contributed by atoms with E-state index >= 15 is 0 Å². The van der Waals surface area contributed by atoms with Crippen molar-refractivity contribution in [1.82, 2.24) is 9.97 Å². The number of anilines is 1. The number of aromatic nitrogens is 2. The van der Waals surface area contributed by atoms with Gasteiger partial charge in [0.2, 0.25) is 0 Å². The Bertz CT molecular complexity index is 1400. The number of carbonyl (C=O) groups excluding carboxylic acids is 1. The number of hydrogen-bond donors (Lipinski definition) is 2. The molecule has 4 aromatic rings. The molecule has 0 bridgehead atoms. The number of ether oxygens (including phenoxy) is 2. The van der Waals surface area contributed by atoms with Crippen molar-refractivity contribution in [3.05, 3.63) is 87.5 Å². The molecule has 0 atom stereocenters.